The summed E-state index contributed by atoms with van der Waals surface area (Å²) >= 11 is 0. The highest BCUT2D eigenvalue weighted by molar-refractivity contribution is 5.75. The number of hydrogen-bond donors (Lipinski definition) is 2. The molecule has 1 aromatic rings. The fraction of sp³-hybridized carbons (Fsp3) is 0.650. The molecule has 2 N–H and O–H groups in total. The van der Waals surface area contributed by atoms with Crippen molar-refractivity contribution in [1.82, 2.24) is 0 Å². The maximum atomic E-state index is 12.0. The standard InChI is InChI=1S/C20H28O3/c1-12(2)13-6-7-15-14(10-13)16(21)11-17-19(15,3)8-5-9-20(17,4)18(22)23/h6-7,10,12,16-17,21H,5,8-9,11H2,1-4H3,(H,22,23)/t16-,17-,19-,20+/m1/s1. The van der Waals surface area contributed by atoms with Gasteiger partial charge in [0, 0.05) is 0 Å². The lowest BCUT2D eigenvalue weighted by Gasteiger charge is -2.54. The first-order chi connectivity index (χ1) is 10.7. The van der Waals surface area contributed by atoms with E-state index in [1.54, 1.807) is 0 Å². The van der Waals surface area contributed by atoms with Gasteiger partial charge in [-0.2, -0.15) is 0 Å². The van der Waals surface area contributed by atoms with Gasteiger partial charge < -0.3 is 10.2 Å². The molecule has 23 heavy (non-hydrogen) atoms. The number of fused-ring (bicyclic) bond motifs is 3. The molecule has 3 rings (SSSR count). The van der Waals surface area contributed by atoms with Crippen LogP contribution >= 0.6 is 0 Å². The summed E-state index contributed by atoms with van der Waals surface area (Å²) < 4.78 is 0. The molecule has 126 valence electrons. The van der Waals surface area contributed by atoms with Gasteiger partial charge in [0.25, 0.3) is 0 Å². The average molecular weight is 316 g/mol. The third kappa shape index (κ3) is 2.32. The number of aliphatic hydroxyl groups excluding tert-OH is 1. The first-order valence-electron chi connectivity index (χ1n) is 8.76. The van der Waals surface area contributed by atoms with Crippen molar-refractivity contribution in [1.29, 1.82) is 0 Å². The lowest BCUT2D eigenvalue weighted by molar-refractivity contribution is -0.159. The van der Waals surface area contributed by atoms with Crippen LogP contribution in [-0.2, 0) is 10.2 Å². The van der Waals surface area contributed by atoms with Gasteiger partial charge >= 0.3 is 5.97 Å². The number of carbonyl (C=O) groups is 1. The first kappa shape index (κ1) is 16.5. The topological polar surface area (TPSA) is 57.5 Å². The van der Waals surface area contributed by atoms with Crippen LogP contribution in [0.1, 0.15) is 82.1 Å². The van der Waals surface area contributed by atoms with Gasteiger partial charge in [0.05, 0.1) is 11.5 Å². The molecule has 0 spiro atoms. The second kappa shape index (κ2) is 5.34. The Balaban J connectivity index is 2.14. The van der Waals surface area contributed by atoms with E-state index in [0.29, 0.717) is 18.8 Å². The van der Waals surface area contributed by atoms with Gasteiger partial charge in [0.15, 0.2) is 0 Å². The lowest BCUT2D eigenvalue weighted by Crippen LogP contribution is -2.53. The maximum Gasteiger partial charge on any atom is 0.309 e. The van der Waals surface area contributed by atoms with Gasteiger partial charge in [-0.15, -0.1) is 0 Å². The smallest absolute Gasteiger partial charge is 0.309 e. The Labute approximate surface area is 138 Å². The van der Waals surface area contributed by atoms with Crippen molar-refractivity contribution in [2.45, 2.75) is 70.8 Å². The summed E-state index contributed by atoms with van der Waals surface area (Å²) in [5.41, 5.74) is 2.52. The number of hydrogen-bond acceptors (Lipinski definition) is 2. The first-order valence-corrected chi connectivity index (χ1v) is 8.76. The summed E-state index contributed by atoms with van der Waals surface area (Å²) in [4.78, 5) is 12.0. The molecule has 0 unspecified atom stereocenters. The molecular formula is C20H28O3. The second-order valence-corrected chi connectivity index (χ2v) is 8.30. The Morgan fingerprint density at radius 3 is 2.57 bits per heavy atom. The predicted octanol–water partition coefficient (Wildman–Crippen LogP) is 4.40. The molecule has 3 heteroatoms. The van der Waals surface area contributed by atoms with Crippen LogP contribution in [0.5, 0.6) is 0 Å². The predicted molar refractivity (Wildman–Crippen MR) is 90.5 cm³/mol. The van der Waals surface area contributed by atoms with Crippen LogP contribution in [0.3, 0.4) is 0 Å². The molecule has 0 aliphatic heterocycles. The molecule has 1 saturated carbocycles. The van der Waals surface area contributed by atoms with E-state index in [1.807, 2.05) is 6.92 Å². The van der Waals surface area contributed by atoms with E-state index < -0.39 is 17.5 Å². The normalized spacial score (nSPS) is 36.4. The number of aliphatic hydroxyl groups is 1. The molecule has 1 aromatic carbocycles. The van der Waals surface area contributed by atoms with Crippen LogP contribution in [0, 0.1) is 11.3 Å². The van der Waals surface area contributed by atoms with Crippen molar-refractivity contribution in [2.24, 2.45) is 11.3 Å². The summed E-state index contributed by atoms with van der Waals surface area (Å²) in [5.74, 6) is -0.315. The zero-order valence-electron chi connectivity index (χ0n) is 14.6. The van der Waals surface area contributed by atoms with Gasteiger partial charge in [-0.1, -0.05) is 45.4 Å². The number of carboxylic acids is 1. The Kier molecular flexibility index (Phi) is 3.83. The van der Waals surface area contributed by atoms with Crippen LogP contribution < -0.4 is 0 Å². The van der Waals surface area contributed by atoms with Crippen molar-refractivity contribution in [3.63, 3.8) is 0 Å². The Morgan fingerprint density at radius 1 is 1.26 bits per heavy atom. The van der Waals surface area contributed by atoms with E-state index in [9.17, 15) is 15.0 Å². The number of rotatable bonds is 2. The summed E-state index contributed by atoms with van der Waals surface area (Å²) in [6.07, 6.45) is 2.62. The van der Waals surface area contributed by atoms with Crippen LogP contribution in [0.4, 0.5) is 0 Å². The van der Waals surface area contributed by atoms with Gasteiger partial charge in [-0.3, -0.25) is 4.79 Å². The third-order valence-corrected chi connectivity index (χ3v) is 6.59. The van der Waals surface area contributed by atoms with E-state index >= 15 is 0 Å². The fourth-order valence-corrected chi connectivity index (χ4v) is 5.06. The summed E-state index contributed by atoms with van der Waals surface area (Å²) in [5, 5.41) is 20.6. The Bertz CT molecular complexity index is 636. The average Bonchev–Trinajstić information content (AvgIpc) is 2.49. The van der Waals surface area contributed by atoms with Gasteiger partial charge in [-0.25, -0.2) is 0 Å². The van der Waals surface area contributed by atoms with Gasteiger partial charge in [0.1, 0.15) is 0 Å². The maximum absolute atomic E-state index is 12.0. The SMILES string of the molecule is CC(C)c1ccc2c(c1)[C@H](O)C[C@H]1[C@@](C)(C(=O)O)CCC[C@]21C. The highest BCUT2D eigenvalue weighted by Crippen LogP contribution is 2.59. The molecule has 0 bridgehead atoms. The van der Waals surface area contributed by atoms with Crippen molar-refractivity contribution < 1.29 is 15.0 Å². The molecule has 0 aromatic heterocycles. The van der Waals surface area contributed by atoms with Crippen LogP contribution in [0.15, 0.2) is 18.2 Å². The minimum absolute atomic E-state index is 0.0198. The lowest BCUT2D eigenvalue weighted by atomic mass is 9.49. The van der Waals surface area contributed by atoms with Crippen molar-refractivity contribution in [3.05, 3.63) is 34.9 Å². The highest BCUT2D eigenvalue weighted by atomic mass is 16.4. The molecule has 0 saturated heterocycles. The second-order valence-electron chi connectivity index (χ2n) is 8.30. The van der Waals surface area contributed by atoms with E-state index in [0.717, 1.165) is 24.0 Å². The van der Waals surface area contributed by atoms with E-state index in [4.69, 9.17) is 0 Å². The molecule has 0 amide bonds. The monoisotopic (exact) mass is 316 g/mol. The third-order valence-electron chi connectivity index (χ3n) is 6.59. The van der Waals surface area contributed by atoms with Crippen LogP contribution in [0.25, 0.3) is 0 Å². The van der Waals surface area contributed by atoms with Crippen LogP contribution in [0.2, 0.25) is 0 Å². The number of aliphatic carboxylic acids is 1. The largest absolute Gasteiger partial charge is 0.481 e. The molecule has 3 nitrogen and oxygen atoms in total. The zero-order valence-corrected chi connectivity index (χ0v) is 14.6. The molecule has 2 aliphatic rings. The minimum Gasteiger partial charge on any atom is -0.481 e. The summed E-state index contributed by atoms with van der Waals surface area (Å²) in [7, 11) is 0. The van der Waals surface area contributed by atoms with Crippen molar-refractivity contribution in [3.8, 4) is 0 Å². The molecule has 0 radical (unpaired) electrons. The summed E-state index contributed by atoms with van der Waals surface area (Å²) in [6, 6.07) is 6.43. The Morgan fingerprint density at radius 2 is 1.96 bits per heavy atom. The molecule has 0 heterocycles. The van der Waals surface area contributed by atoms with E-state index in [-0.39, 0.29) is 11.3 Å². The van der Waals surface area contributed by atoms with Crippen molar-refractivity contribution >= 4 is 5.97 Å². The molecule has 2 aliphatic carbocycles. The van der Waals surface area contributed by atoms with Gasteiger partial charge in [-0.05, 0) is 60.1 Å². The van der Waals surface area contributed by atoms with E-state index in [2.05, 4.69) is 39.0 Å². The summed E-state index contributed by atoms with van der Waals surface area (Å²) in [6.45, 7) is 8.39. The van der Waals surface area contributed by atoms with Crippen molar-refractivity contribution in [2.75, 3.05) is 0 Å². The van der Waals surface area contributed by atoms with E-state index in [1.165, 1.54) is 5.56 Å². The fourth-order valence-electron chi connectivity index (χ4n) is 5.06. The number of carboxylic acid groups (broad SMARTS) is 1. The van der Waals surface area contributed by atoms with Crippen LogP contribution in [-0.4, -0.2) is 16.2 Å². The molecular weight excluding hydrogens is 288 g/mol. The molecule has 4 atom stereocenters. The Hall–Kier alpha value is -1.35. The number of benzene rings is 1. The van der Waals surface area contributed by atoms with Gasteiger partial charge in [0.2, 0.25) is 0 Å². The zero-order chi connectivity index (χ0) is 17.0. The highest BCUT2D eigenvalue weighted by Gasteiger charge is 2.56. The quantitative estimate of drug-likeness (QED) is 0.850. The minimum atomic E-state index is -0.748. The molecule has 1 fully saturated rings.